The summed E-state index contributed by atoms with van der Waals surface area (Å²) in [6.45, 7) is 2.31. The first-order chi connectivity index (χ1) is 5.25. The molecule has 0 aliphatic rings. The largest absolute Gasteiger partial charge is 0.446 e. The van der Waals surface area contributed by atoms with Gasteiger partial charge >= 0.3 is 0 Å². The van der Waals surface area contributed by atoms with Crippen LogP contribution in [-0.4, -0.2) is 18.7 Å². The van der Waals surface area contributed by atoms with E-state index in [0.717, 1.165) is 5.69 Å². The van der Waals surface area contributed by atoms with Gasteiger partial charge in [0.25, 0.3) is 0 Å². The summed E-state index contributed by atoms with van der Waals surface area (Å²) >= 11 is 0. The zero-order valence-corrected chi connectivity index (χ0v) is 6.70. The van der Waals surface area contributed by atoms with Crippen LogP contribution >= 0.6 is 0 Å². The van der Waals surface area contributed by atoms with Crippen LogP contribution in [0.15, 0.2) is 10.8 Å². The second-order valence-corrected chi connectivity index (χ2v) is 2.36. The van der Waals surface area contributed by atoms with E-state index in [0.29, 0.717) is 12.4 Å². The topological polar surface area (TPSA) is 61.3 Å². The summed E-state index contributed by atoms with van der Waals surface area (Å²) in [6, 6.07) is -0.206. The lowest BCUT2D eigenvalue weighted by Crippen LogP contribution is -2.16. The molecule has 11 heavy (non-hydrogen) atoms. The van der Waals surface area contributed by atoms with Gasteiger partial charge in [-0.05, 0) is 6.92 Å². The van der Waals surface area contributed by atoms with Gasteiger partial charge in [0.1, 0.15) is 5.76 Å². The van der Waals surface area contributed by atoms with E-state index < -0.39 is 0 Å². The lowest BCUT2D eigenvalue weighted by Gasteiger charge is -2.06. The Morgan fingerprint density at radius 3 is 3.00 bits per heavy atom. The molecule has 1 aromatic rings. The van der Waals surface area contributed by atoms with Gasteiger partial charge in [-0.25, -0.2) is 4.98 Å². The van der Waals surface area contributed by atoms with E-state index in [4.69, 9.17) is 14.9 Å². The Hall–Kier alpha value is -0.870. The molecular weight excluding hydrogens is 144 g/mol. The summed E-state index contributed by atoms with van der Waals surface area (Å²) in [5.41, 5.74) is 6.52. The van der Waals surface area contributed by atoms with Crippen LogP contribution in [0.1, 0.15) is 17.5 Å². The number of hydrogen-bond donors (Lipinski definition) is 1. The van der Waals surface area contributed by atoms with Crippen molar-refractivity contribution in [3.63, 3.8) is 0 Å². The first-order valence-corrected chi connectivity index (χ1v) is 3.40. The standard InChI is InChI=1S/C7H12N2O2/c1-5-7(11-4-9-5)6(8)3-10-2/h4,6H,3,8H2,1-2H3. The van der Waals surface area contributed by atoms with Crippen LogP contribution in [0.5, 0.6) is 0 Å². The molecule has 62 valence electrons. The third kappa shape index (κ3) is 1.78. The van der Waals surface area contributed by atoms with Gasteiger partial charge < -0.3 is 14.9 Å². The van der Waals surface area contributed by atoms with Crippen LogP contribution in [0.2, 0.25) is 0 Å². The third-order valence-electron chi connectivity index (χ3n) is 1.47. The van der Waals surface area contributed by atoms with Crippen LogP contribution in [0.3, 0.4) is 0 Å². The Labute approximate surface area is 65.4 Å². The third-order valence-corrected chi connectivity index (χ3v) is 1.47. The summed E-state index contributed by atoms with van der Waals surface area (Å²) in [7, 11) is 1.60. The van der Waals surface area contributed by atoms with Crippen LogP contribution < -0.4 is 5.73 Å². The minimum atomic E-state index is -0.206. The highest BCUT2D eigenvalue weighted by molar-refractivity contribution is 5.08. The van der Waals surface area contributed by atoms with Gasteiger partial charge in [-0.15, -0.1) is 0 Å². The van der Waals surface area contributed by atoms with Crippen LogP contribution in [0.4, 0.5) is 0 Å². The van der Waals surface area contributed by atoms with E-state index in [-0.39, 0.29) is 6.04 Å². The molecule has 1 aromatic heterocycles. The molecule has 1 unspecified atom stereocenters. The second kappa shape index (κ2) is 3.50. The average molecular weight is 156 g/mol. The summed E-state index contributed by atoms with van der Waals surface area (Å²) in [5.74, 6) is 0.701. The second-order valence-electron chi connectivity index (χ2n) is 2.36. The minimum Gasteiger partial charge on any atom is -0.446 e. The molecule has 0 bridgehead atoms. The van der Waals surface area contributed by atoms with Crippen molar-refractivity contribution in [1.29, 1.82) is 0 Å². The maximum Gasteiger partial charge on any atom is 0.181 e. The Morgan fingerprint density at radius 2 is 2.55 bits per heavy atom. The molecule has 4 nitrogen and oxygen atoms in total. The molecule has 4 heteroatoms. The van der Waals surface area contributed by atoms with Crippen molar-refractivity contribution in [1.82, 2.24) is 4.98 Å². The molecular formula is C7H12N2O2. The van der Waals surface area contributed by atoms with Crippen molar-refractivity contribution in [3.05, 3.63) is 17.8 Å². The number of aromatic nitrogens is 1. The van der Waals surface area contributed by atoms with Crippen molar-refractivity contribution < 1.29 is 9.15 Å². The highest BCUT2D eigenvalue weighted by Crippen LogP contribution is 2.13. The Bertz CT molecular complexity index is 222. The summed E-state index contributed by atoms with van der Waals surface area (Å²) in [5, 5.41) is 0. The van der Waals surface area contributed by atoms with Crippen LogP contribution in [0, 0.1) is 6.92 Å². The van der Waals surface area contributed by atoms with Crippen molar-refractivity contribution in [3.8, 4) is 0 Å². The number of nitrogens with two attached hydrogens (primary N) is 1. The van der Waals surface area contributed by atoms with Gasteiger partial charge in [0.05, 0.1) is 18.3 Å². The number of ether oxygens (including phenoxy) is 1. The number of nitrogens with zero attached hydrogens (tertiary/aromatic N) is 1. The fraction of sp³-hybridized carbons (Fsp3) is 0.571. The number of hydrogen-bond acceptors (Lipinski definition) is 4. The maximum atomic E-state index is 5.69. The van der Waals surface area contributed by atoms with Gasteiger partial charge in [0.15, 0.2) is 6.39 Å². The molecule has 0 fully saturated rings. The molecule has 0 saturated heterocycles. The van der Waals surface area contributed by atoms with E-state index >= 15 is 0 Å². The SMILES string of the molecule is COCC(N)c1ocnc1C. The van der Waals surface area contributed by atoms with Crippen LogP contribution in [-0.2, 0) is 4.74 Å². The highest BCUT2D eigenvalue weighted by Gasteiger charge is 2.12. The zero-order chi connectivity index (χ0) is 8.27. The predicted molar refractivity (Wildman–Crippen MR) is 40.0 cm³/mol. The fourth-order valence-corrected chi connectivity index (χ4v) is 0.922. The average Bonchev–Trinajstić information content (AvgIpc) is 2.36. The van der Waals surface area contributed by atoms with Crippen LogP contribution in [0.25, 0.3) is 0 Å². The lowest BCUT2D eigenvalue weighted by molar-refractivity contribution is 0.172. The molecule has 0 aromatic carbocycles. The van der Waals surface area contributed by atoms with Gasteiger partial charge in [-0.3, -0.25) is 0 Å². The van der Waals surface area contributed by atoms with E-state index in [9.17, 15) is 0 Å². The molecule has 0 saturated carbocycles. The number of oxazole rings is 1. The Morgan fingerprint density at radius 1 is 1.82 bits per heavy atom. The van der Waals surface area contributed by atoms with E-state index in [1.54, 1.807) is 7.11 Å². The first kappa shape index (κ1) is 8.23. The molecule has 1 heterocycles. The molecule has 0 aliphatic heterocycles. The van der Waals surface area contributed by atoms with Gasteiger partial charge in [0, 0.05) is 7.11 Å². The van der Waals surface area contributed by atoms with Crippen molar-refractivity contribution in [2.75, 3.05) is 13.7 Å². The summed E-state index contributed by atoms with van der Waals surface area (Å²) < 4.78 is 9.93. The fourth-order valence-electron chi connectivity index (χ4n) is 0.922. The Balaban J connectivity index is 2.67. The van der Waals surface area contributed by atoms with Gasteiger partial charge in [-0.2, -0.15) is 0 Å². The number of methoxy groups -OCH3 is 1. The van der Waals surface area contributed by atoms with Crippen molar-refractivity contribution >= 4 is 0 Å². The predicted octanol–water partition coefficient (Wildman–Crippen LogP) is 0.629. The molecule has 1 rings (SSSR count). The minimum absolute atomic E-state index is 0.206. The van der Waals surface area contributed by atoms with E-state index in [1.807, 2.05) is 6.92 Å². The normalized spacial score (nSPS) is 13.4. The zero-order valence-electron chi connectivity index (χ0n) is 6.70. The molecule has 0 radical (unpaired) electrons. The molecule has 0 spiro atoms. The number of rotatable bonds is 3. The highest BCUT2D eigenvalue weighted by atomic mass is 16.5. The monoisotopic (exact) mass is 156 g/mol. The first-order valence-electron chi connectivity index (χ1n) is 3.40. The quantitative estimate of drug-likeness (QED) is 0.697. The summed E-state index contributed by atoms with van der Waals surface area (Å²) in [6.07, 6.45) is 1.39. The molecule has 0 aliphatic carbocycles. The maximum absolute atomic E-state index is 5.69. The van der Waals surface area contributed by atoms with Gasteiger partial charge in [-0.1, -0.05) is 0 Å². The van der Waals surface area contributed by atoms with Gasteiger partial charge in [0.2, 0.25) is 0 Å². The smallest absolute Gasteiger partial charge is 0.181 e. The Kier molecular flexibility index (Phi) is 2.62. The summed E-state index contributed by atoms with van der Waals surface area (Å²) in [4.78, 5) is 3.92. The molecule has 0 amide bonds. The molecule has 2 N–H and O–H groups in total. The van der Waals surface area contributed by atoms with Crippen molar-refractivity contribution in [2.24, 2.45) is 5.73 Å². The lowest BCUT2D eigenvalue weighted by atomic mass is 10.2. The van der Waals surface area contributed by atoms with Crippen molar-refractivity contribution in [2.45, 2.75) is 13.0 Å². The van der Waals surface area contributed by atoms with E-state index in [1.165, 1.54) is 6.39 Å². The number of aryl methyl sites for hydroxylation is 1. The van der Waals surface area contributed by atoms with E-state index in [2.05, 4.69) is 4.98 Å². The molecule has 1 atom stereocenters.